The van der Waals surface area contributed by atoms with Crippen LogP contribution >= 0.6 is 0 Å². The number of hydrogen-bond donors (Lipinski definition) is 1. The molecule has 0 bridgehead atoms. The van der Waals surface area contributed by atoms with Crippen molar-refractivity contribution >= 4 is 34.7 Å². The zero-order chi connectivity index (χ0) is 25.7. The van der Waals surface area contributed by atoms with Crippen LogP contribution in [0.25, 0.3) is 10.9 Å². The van der Waals surface area contributed by atoms with Gasteiger partial charge in [0.15, 0.2) is 5.82 Å². The van der Waals surface area contributed by atoms with E-state index in [9.17, 15) is 4.39 Å². The third-order valence-corrected chi connectivity index (χ3v) is 6.77. The van der Waals surface area contributed by atoms with Crippen molar-refractivity contribution in [3.63, 3.8) is 0 Å². The van der Waals surface area contributed by atoms with Gasteiger partial charge >= 0.3 is 0 Å². The molecule has 0 spiro atoms. The van der Waals surface area contributed by atoms with Crippen LogP contribution in [0.5, 0.6) is 0 Å². The van der Waals surface area contributed by atoms with Gasteiger partial charge in [-0.15, -0.1) is 0 Å². The standard InChI is InChI=1S/C28H30FN7O2/c29-23-5-3-4-21(16-23)19-36-20-22(24-6-1-2-7-25(24)36)18-30-33-26-17-27(34-8-12-37-13-9-34)32-28(31-26)35-10-14-38-15-11-35/h1-7,16-18,20H,8-15,19H2,(H,31,32,33)/b30-18+. The molecule has 2 fully saturated rings. The number of anilines is 3. The van der Waals surface area contributed by atoms with E-state index in [4.69, 9.17) is 19.4 Å². The van der Waals surface area contributed by atoms with Crippen LogP contribution in [0.15, 0.2) is 65.9 Å². The highest BCUT2D eigenvalue weighted by Crippen LogP contribution is 2.24. The molecule has 4 aromatic rings. The number of nitrogens with zero attached hydrogens (tertiary/aromatic N) is 6. The number of morpholine rings is 2. The van der Waals surface area contributed by atoms with Crippen molar-refractivity contribution in [2.45, 2.75) is 6.54 Å². The number of para-hydroxylation sites is 1. The summed E-state index contributed by atoms with van der Waals surface area (Å²) >= 11 is 0. The lowest BCUT2D eigenvalue weighted by Crippen LogP contribution is -2.39. The van der Waals surface area contributed by atoms with Gasteiger partial charge in [-0.2, -0.15) is 15.1 Å². The van der Waals surface area contributed by atoms with E-state index in [-0.39, 0.29) is 5.82 Å². The van der Waals surface area contributed by atoms with Crippen molar-refractivity contribution in [2.24, 2.45) is 5.10 Å². The predicted molar refractivity (Wildman–Crippen MR) is 147 cm³/mol. The largest absolute Gasteiger partial charge is 0.378 e. The van der Waals surface area contributed by atoms with Crippen molar-refractivity contribution in [2.75, 3.05) is 67.8 Å². The fourth-order valence-electron chi connectivity index (χ4n) is 4.85. The van der Waals surface area contributed by atoms with Crippen LogP contribution in [-0.4, -0.2) is 73.4 Å². The van der Waals surface area contributed by atoms with Gasteiger partial charge in [0.2, 0.25) is 5.95 Å². The lowest BCUT2D eigenvalue weighted by Gasteiger charge is -2.31. The van der Waals surface area contributed by atoms with Gasteiger partial charge in [0.05, 0.1) is 32.6 Å². The lowest BCUT2D eigenvalue weighted by atomic mass is 10.2. The highest BCUT2D eigenvalue weighted by molar-refractivity contribution is 5.99. The van der Waals surface area contributed by atoms with Crippen LogP contribution in [0.4, 0.5) is 22.0 Å². The molecular weight excluding hydrogens is 485 g/mol. The molecule has 6 rings (SSSR count). The van der Waals surface area contributed by atoms with Gasteiger partial charge in [-0.1, -0.05) is 30.3 Å². The fourth-order valence-corrected chi connectivity index (χ4v) is 4.85. The Labute approximate surface area is 220 Å². The van der Waals surface area contributed by atoms with E-state index in [0.29, 0.717) is 44.7 Å². The number of rotatable bonds is 7. The van der Waals surface area contributed by atoms with Gasteiger partial charge in [-0.05, 0) is 23.8 Å². The van der Waals surface area contributed by atoms with Crippen molar-refractivity contribution in [1.29, 1.82) is 0 Å². The summed E-state index contributed by atoms with van der Waals surface area (Å²) in [4.78, 5) is 13.9. The number of ether oxygens (including phenoxy) is 2. The topological polar surface area (TPSA) is 80.0 Å². The molecule has 9 nitrogen and oxygen atoms in total. The number of hydrazone groups is 1. The van der Waals surface area contributed by atoms with Crippen molar-refractivity contribution < 1.29 is 13.9 Å². The summed E-state index contributed by atoms with van der Waals surface area (Å²) in [6.45, 7) is 6.31. The second-order valence-corrected chi connectivity index (χ2v) is 9.34. The second kappa shape index (κ2) is 11.2. The van der Waals surface area contributed by atoms with Crippen molar-refractivity contribution in [3.05, 3.63) is 77.7 Å². The van der Waals surface area contributed by atoms with E-state index in [0.717, 1.165) is 54.0 Å². The molecule has 0 amide bonds. The molecule has 2 saturated heterocycles. The molecule has 2 aromatic carbocycles. The van der Waals surface area contributed by atoms with Crippen molar-refractivity contribution in [3.8, 4) is 0 Å². The summed E-state index contributed by atoms with van der Waals surface area (Å²) in [5.41, 5.74) is 6.05. The molecule has 4 heterocycles. The van der Waals surface area contributed by atoms with E-state index in [1.165, 1.54) is 6.07 Å². The van der Waals surface area contributed by atoms with E-state index in [1.807, 2.05) is 30.5 Å². The van der Waals surface area contributed by atoms with E-state index < -0.39 is 0 Å². The van der Waals surface area contributed by atoms with Gasteiger partial charge in [0.25, 0.3) is 0 Å². The number of halogens is 1. The van der Waals surface area contributed by atoms with Crippen LogP contribution in [0.2, 0.25) is 0 Å². The Kier molecular flexibility index (Phi) is 7.14. The molecule has 0 saturated carbocycles. The quantitative estimate of drug-likeness (QED) is 0.297. The number of nitrogens with one attached hydrogen (secondary N) is 1. The fraction of sp³-hybridized carbons (Fsp3) is 0.321. The Morgan fingerprint density at radius 1 is 0.895 bits per heavy atom. The van der Waals surface area contributed by atoms with E-state index in [1.54, 1.807) is 18.3 Å². The van der Waals surface area contributed by atoms with E-state index in [2.05, 4.69) is 37.0 Å². The molecule has 38 heavy (non-hydrogen) atoms. The molecule has 2 aromatic heterocycles. The predicted octanol–water partition coefficient (Wildman–Crippen LogP) is 3.74. The van der Waals surface area contributed by atoms with Gasteiger partial charge in [-0.25, -0.2) is 4.39 Å². The summed E-state index contributed by atoms with van der Waals surface area (Å²) in [5, 5.41) is 5.61. The lowest BCUT2D eigenvalue weighted by molar-refractivity contribution is 0.121. The highest BCUT2D eigenvalue weighted by Gasteiger charge is 2.19. The number of benzene rings is 2. The average Bonchev–Trinajstić information content (AvgIpc) is 3.31. The van der Waals surface area contributed by atoms with Gasteiger partial charge < -0.3 is 23.8 Å². The Morgan fingerprint density at radius 2 is 1.66 bits per heavy atom. The minimum Gasteiger partial charge on any atom is -0.378 e. The minimum atomic E-state index is -0.234. The van der Waals surface area contributed by atoms with Gasteiger partial charge in [0.1, 0.15) is 11.6 Å². The Bertz CT molecular complexity index is 1390. The molecule has 0 unspecified atom stereocenters. The molecule has 196 valence electrons. The maximum atomic E-state index is 13.7. The summed E-state index contributed by atoms with van der Waals surface area (Å²) in [6, 6.07) is 16.8. The normalized spacial score (nSPS) is 16.4. The minimum absolute atomic E-state index is 0.234. The molecule has 10 heteroatoms. The third-order valence-electron chi connectivity index (χ3n) is 6.77. The summed E-state index contributed by atoms with van der Waals surface area (Å²) in [6.07, 6.45) is 3.84. The van der Waals surface area contributed by atoms with Crippen LogP contribution in [0.1, 0.15) is 11.1 Å². The van der Waals surface area contributed by atoms with Crippen LogP contribution in [0, 0.1) is 5.82 Å². The number of aromatic nitrogens is 3. The molecule has 2 aliphatic rings. The molecule has 0 radical (unpaired) electrons. The monoisotopic (exact) mass is 515 g/mol. The summed E-state index contributed by atoms with van der Waals surface area (Å²) in [7, 11) is 0. The molecule has 0 atom stereocenters. The Morgan fingerprint density at radius 3 is 2.45 bits per heavy atom. The zero-order valence-corrected chi connectivity index (χ0v) is 21.1. The molecular formula is C28H30FN7O2. The second-order valence-electron chi connectivity index (χ2n) is 9.34. The first-order valence-electron chi connectivity index (χ1n) is 12.9. The number of hydrogen-bond acceptors (Lipinski definition) is 8. The van der Waals surface area contributed by atoms with Crippen LogP contribution in [-0.2, 0) is 16.0 Å². The van der Waals surface area contributed by atoms with Gasteiger partial charge in [0, 0.05) is 61.5 Å². The average molecular weight is 516 g/mol. The summed E-state index contributed by atoms with van der Waals surface area (Å²) in [5.74, 6) is 1.92. The third kappa shape index (κ3) is 5.46. The molecule has 2 aliphatic heterocycles. The van der Waals surface area contributed by atoms with Crippen molar-refractivity contribution in [1.82, 2.24) is 14.5 Å². The Balaban J connectivity index is 1.26. The first kappa shape index (κ1) is 24.3. The van der Waals surface area contributed by atoms with E-state index >= 15 is 0 Å². The van der Waals surface area contributed by atoms with Crippen LogP contribution in [0.3, 0.4) is 0 Å². The summed E-state index contributed by atoms with van der Waals surface area (Å²) < 4.78 is 26.9. The van der Waals surface area contributed by atoms with Crippen LogP contribution < -0.4 is 15.2 Å². The molecule has 0 aliphatic carbocycles. The number of fused-ring (bicyclic) bond motifs is 1. The first-order chi connectivity index (χ1) is 18.7. The highest BCUT2D eigenvalue weighted by atomic mass is 19.1. The first-order valence-corrected chi connectivity index (χ1v) is 12.9. The van der Waals surface area contributed by atoms with Gasteiger partial charge in [-0.3, -0.25) is 5.43 Å². The smallest absolute Gasteiger partial charge is 0.229 e. The molecule has 1 N–H and O–H groups in total. The zero-order valence-electron chi connectivity index (χ0n) is 21.1. The Hall–Kier alpha value is -4.02. The SMILES string of the molecule is Fc1cccc(Cn2cc(/C=N/Nc3cc(N4CCOCC4)nc(N4CCOCC4)n3)c3ccccc32)c1. The maximum absolute atomic E-state index is 13.7. The maximum Gasteiger partial charge on any atom is 0.229 e.